The van der Waals surface area contributed by atoms with Gasteiger partial charge in [-0.05, 0) is 47.8 Å². The predicted molar refractivity (Wildman–Crippen MR) is 80.2 cm³/mol. The highest BCUT2D eigenvalue weighted by molar-refractivity contribution is 9.10. The minimum absolute atomic E-state index is 0.0711. The Labute approximate surface area is 126 Å². The molecule has 1 aromatic heterocycles. The van der Waals surface area contributed by atoms with Crippen molar-refractivity contribution in [3.8, 4) is 0 Å². The Morgan fingerprint density at radius 3 is 2.95 bits per heavy atom. The fraction of sp³-hybridized carbons (Fsp3) is 0.500. The number of piperidine rings is 1. The van der Waals surface area contributed by atoms with E-state index in [4.69, 9.17) is 0 Å². The molecule has 108 valence electrons. The number of halogens is 1. The minimum Gasteiger partial charge on any atom is -0.339 e. The van der Waals surface area contributed by atoms with Gasteiger partial charge < -0.3 is 10.2 Å². The van der Waals surface area contributed by atoms with Crippen LogP contribution >= 0.6 is 15.9 Å². The SMILES string of the molecule is CC(CC(=O)Nc1ccc(Br)cn1)N1CCCCC1=O. The number of carbonyl (C=O) groups excluding carboxylic acids is 2. The molecule has 6 heteroatoms. The Balaban J connectivity index is 1.87. The number of anilines is 1. The highest BCUT2D eigenvalue weighted by Crippen LogP contribution is 2.16. The second kappa shape index (κ2) is 6.83. The molecule has 2 heterocycles. The lowest BCUT2D eigenvalue weighted by molar-refractivity contribution is -0.136. The summed E-state index contributed by atoms with van der Waals surface area (Å²) in [4.78, 5) is 29.6. The summed E-state index contributed by atoms with van der Waals surface area (Å²) in [5, 5.41) is 2.75. The van der Waals surface area contributed by atoms with Crippen LogP contribution in [-0.4, -0.2) is 34.3 Å². The Bertz CT molecular complexity index is 490. The summed E-state index contributed by atoms with van der Waals surface area (Å²) in [6.07, 6.45) is 4.50. The van der Waals surface area contributed by atoms with Gasteiger partial charge in [-0.1, -0.05) is 0 Å². The van der Waals surface area contributed by atoms with Crippen LogP contribution in [0.4, 0.5) is 5.82 Å². The van der Waals surface area contributed by atoms with Gasteiger partial charge in [-0.25, -0.2) is 4.98 Å². The van der Waals surface area contributed by atoms with Gasteiger partial charge in [0.1, 0.15) is 5.82 Å². The fourth-order valence-electron chi connectivity index (χ4n) is 2.32. The molecule has 0 spiro atoms. The summed E-state index contributed by atoms with van der Waals surface area (Å²) in [5.74, 6) is 0.555. The Hall–Kier alpha value is -1.43. The summed E-state index contributed by atoms with van der Waals surface area (Å²) < 4.78 is 0.864. The normalized spacial score (nSPS) is 16.9. The zero-order valence-corrected chi connectivity index (χ0v) is 13.0. The van der Waals surface area contributed by atoms with Gasteiger partial charge in [-0.15, -0.1) is 0 Å². The highest BCUT2D eigenvalue weighted by Gasteiger charge is 2.24. The number of rotatable bonds is 4. The second-order valence-corrected chi connectivity index (χ2v) is 5.92. The zero-order valence-electron chi connectivity index (χ0n) is 11.4. The van der Waals surface area contributed by atoms with Crippen LogP contribution in [0.5, 0.6) is 0 Å². The van der Waals surface area contributed by atoms with Gasteiger partial charge >= 0.3 is 0 Å². The topological polar surface area (TPSA) is 62.3 Å². The summed E-state index contributed by atoms with van der Waals surface area (Å²) >= 11 is 3.29. The van der Waals surface area contributed by atoms with Crippen LogP contribution in [0.3, 0.4) is 0 Å². The molecule has 0 bridgehead atoms. The average Bonchev–Trinajstić information content (AvgIpc) is 2.41. The van der Waals surface area contributed by atoms with E-state index in [-0.39, 0.29) is 17.9 Å². The molecule has 2 amide bonds. The first kappa shape index (κ1) is 15.0. The third kappa shape index (κ3) is 4.03. The van der Waals surface area contributed by atoms with Crippen LogP contribution in [0.15, 0.2) is 22.8 Å². The molecular weight excluding hydrogens is 322 g/mol. The third-order valence-electron chi connectivity index (χ3n) is 3.37. The first-order valence-corrected chi connectivity index (χ1v) is 7.56. The lowest BCUT2D eigenvalue weighted by Crippen LogP contribution is -2.43. The minimum atomic E-state index is -0.120. The van der Waals surface area contributed by atoms with Gasteiger partial charge in [0.2, 0.25) is 11.8 Å². The van der Waals surface area contributed by atoms with E-state index in [1.807, 2.05) is 13.0 Å². The molecule has 1 aliphatic heterocycles. The number of nitrogens with zero attached hydrogens (tertiary/aromatic N) is 2. The van der Waals surface area contributed by atoms with Gasteiger partial charge in [0.15, 0.2) is 0 Å². The predicted octanol–water partition coefficient (Wildman–Crippen LogP) is 2.57. The van der Waals surface area contributed by atoms with Crippen molar-refractivity contribution >= 4 is 33.6 Å². The maximum Gasteiger partial charge on any atom is 0.227 e. The first-order valence-electron chi connectivity index (χ1n) is 6.77. The molecule has 20 heavy (non-hydrogen) atoms. The molecule has 0 saturated carbocycles. The number of carbonyl (C=O) groups is 2. The van der Waals surface area contributed by atoms with Crippen LogP contribution in [0.1, 0.15) is 32.6 Å². The summed E-state index contributed by atoms with van der Waals surface area (Å²) in [5.41, 5.74) is 0. The number of amides is 2. The molecule has 0 aromatic carbocycles. The molecule has 1 saturated heterocycles. The number of aromatic nitrogens is 1. The van der Waals surface area contributed by atoms with E-state index in [1.165, 1.54) is 0 Å². The van der Waals surface area contributed by atoms with Crippen molar-refractivity contribution in [3.05, 3.63) is 22.8 Å². The number of hydrogen-bond donors (Lipinski definition) is 1. The molecule has 1 N–H and O–H groups in total. The Morgan fingerprint density at radius 1 is 1.50 bits per heavy atom. The second-order valence-electron chi connectivity index (χ2n) is 5.01. The summed E-state index contributed by atoms with van der Waals surface area (Å²) in [6, 6.07) is 3.48. The molecule has 5 nitrogen and oxygen atoms in total. The van der Waals surface area contributed by atoms with Gasteiger partial charge in [-0.3, -0.25) is 9.59 Å². The molecular formula is C14H18BrN3O2. The fourth-order valence-corrected chi connectivity index (χ4v) is 2.55. The van der Waals surface area contributed by atoms with Crippen molar-refractivity contribution in [2.75, 3.05) is 11.9 Å². The van der Waals surface area contributed by atoms with Crippen molar-refractivity contribution < 1.29 is 9.59 Å². The number of nitrogens with one attached hydrogen (secondary N) is 1. The number of likely N-dealkylation sites (tertiary alicyclic amines) is 1. The molecule has 0 radical (unpaired) electrons. The van der Waals surface area contributed by atoms with Gasteiger partial charge in [-0.2, -0.15) is 0 Å². The Kier molecular flexibility index (Phi) is 5.11. The first-order chi connectivity index (χ1) is 9.56. The number of pyridine rings is 1. The molecule has 1 aromatic rings. The molecule has 0 aliphatic carbocycles. The van der Waals surface area contributed by atoms with Crippen molar-refractivity contribution in [3.63, 3.8) is 0 Å². The van der Waals surface area contributed by atoms with Crippen molar-refractivity contribution in [2.45, 2.75) is 38.6 Å². The van der Waals surface area contributed by atoms with E-state index >= 15 is 0 Å². The van der Waals surface area contributed by atoms with Crippen LogP contribution in [-0.2, 0) is 9.59 Å². The van der Waals surface area contributed by atoms with Crippen LogP contribution in [0.25, 0.3) is 0 Å². The van der Waals surface area contributed by atoms with E-state index in [2.05, 4.69) is 26.2 Å². The van der Waals surface area contributed by atoms with Crippen LogP contribution in [0, 0.1) is 0 Å². The van der Waals surface area contributed by atoms with E-state index < -0.39 is 0 Å². The molecule has 1 fully saturated rings. The molecule has 1 atom stereocenters. The standard InChI is InChI=1S/C14H18BrN3O2/c1-10(18-7-3-2-4-14(18)20)8-13(19)17-12-6-5-11(15)9-16-12/h5-6,9-10H,2-4,7-8H2,1H3,(H,16,17,19). The van der Waals surface area contributed by atoms with E-state index in [1.54, 1.807) is 17.2 Å². The third-order valence-corrected chi connectivity index (χ3v) is 3.84. The van der Waals surface area contributed by atoms with Crippen molar-refractivity contribution in [2.24, 2.45) is 0 Å². The highest BCUT2D eigenvalue weighted by atomic mass is 79.9. The van der Waals surface area contributed by atoms with Gasteiger partial charge in [0.05, 0.1) is 0 Å². The summed E-state index contributed by atoms with van der Waals surface area (Å²) in [6.45, 7) is 2.67. The molecule has 2 rings (SSSR count). The van der Waals surface area contributed by atoms with E-state index in [0.29, 0.717) is 18.7 Å². The maximum atomic E-state index is 12.0. The van der Waals surface area contributed by atoms with E-state index in [0.717, 1.165) is 23.9 Å². The van der Waals surface area contributed by atoms with E-state index in [9.17, 15) is 9.59 Å². The zero-order chi connectivity index (χ0) is 14.5. The lowest BCUT2D eigenvalue weighted by Gasteiger charge is -2.32. The largest absolute Gasteiger partial charge is 0.339 e. The smallest absolute Gasteiger partial charge is 0.227 e. The molecule has 1 unspecified atom stereocenters. The molecule has 1 aliphatic rings. The van der Waals surface area contributed by atoms with Crippen LogP contribution in [0.2, 0.25) is 0 Å². The quantitative estimate of drug-likeness (QED) is 0.916. The van der Waals surface area contributed by atoms with Crippen molar-refractivity contribution in [1.82, 2.24) is 9.88 Å². The summed E-state index contributed by atoms with van der Waals surface area (Å²) in [7, 11) is 0. The Morgan fingerprint density at radius 2 is 2.30 bits per heavy atom. The van der Waals surface area contributed by atoms with Crippen molar-refractivity contribution in [1.29, 1.82) is 0 Å². The van der Waals surface area contributed by atoms with Gasteiger partial charge in [0, 0.05) is 36.1 Å². The lowest BCUT2D eigenvalue weighted by atomic mass is 10.1. The monoisotopic (exact) mass is 339 g/mol. The van der Waals surface area contributed by atoms with Crippen LogP contribution < -0.4 is 5.32 Å². The van der Waals surface area contributed by atoms with Gasteiger partial charge in [0.25, 0.3) is 0 Å². The number of hydrogen-bond acceptors (Lipinski definition) is 3. The maximum absolute atomic E-state index is 12.0. The average molecular weight is 340 g/mol.